The molecule has 20 heavy (non-hydrogen) atoms. The summed E-state index contributed by atoms with van der Waals surface area (Å²) in [5, 5.41) is 0. The van der Waals surface area contributed by atoms with Gasteiger partial charge in [0.1, 0.15) is 17.1 Å². The van der Waals surface area contributed by atoms with Crippen LogP contribution in [0.5, 0.6) is 11.6 Å². The van der Waals surface area contributed by atoms with Gasteiger partial charge < -0.3 is 10.5 Å². The van der Waals surface area contributed by atoms with Crippen LogP contribution in [0.25, 0.3) is 0 Å². The molecule has 0 saturated carbocycles. The van der Waals surface area contributed by atoms with Crippen molar-refractivity contribution in [3.05, 3.63) is 53.5 Å². The van der Waals surface area contributed by atoms with E-state index >= 15 is 0 Å². The van der Waals surface area contributed by atoms with Crippen molar-refractivity contribution in [3.63, 3.8) is 0 Å². The number of hydrogen-bond acceptors (Lipinski definition) is 3. The summed E-state index contributed by atoms with van der Waals surface area (Å²) in [5.41, 5.74) is 4.51. The van der Waals surface area contributed by atoms with Crippen LogP contribution in [0, 0.1) is 5.82 Å². The lowest BCUT2D eigenvalue weighted by Gasteiger charge is -2.12. The van der Waals surface area contributed by atoms with Crippen LogP contribution >= 0.6 is 0 Å². The van der Waals surface area contributed by atoms with E-state index in [0.717, 1.165) is 24.4 Å². The molecule has 0 aliphatic rings. The molecule has 0 saturated heterocycles. The Balaban J connectivity index is 2.33. The van der Waals surface area contributed by atoms with Gasteiger partial charge in [-0.25, -0.2) is 9.37 Å². The molecule has 2 aromatic rings. The minimum absolute atomic E-state index is 0.0104. The Labute approximate surface area is 112 Å². The summed E-state index contributed by atoms with van der Waals surface area (Å²) < 4.78 is 56.7. The molecule has 7 heteroatoms. The van der Waals surface area contributed by atoms with Gasteiger partial charge in [-0.05, 0) is 18.2 Å². The average Bonchev–Trinajstić information content (AvgIpc) is 2.38. The van der Waals surface area contributed by atoms with Crippen LogP contribution in [-0.4, -0.2) is 4.98 Å². The monoisotopic (exact) mass is 286 g/mol. The molecule has 0 bridgehead atoms. The van der Waals surface area contributed by atoms with Crippen molar-refractivity contribution in [2.24, 2.45) is 5.73 Å². The number of rotatable bonds is 3. The fourth-order valence-corrected chi connectivity index (χ4v) is 1.56. The minimum atomic E-state index is -4.60. The SMILES string of the molecule is NCc1ccc(Oc2ncccc2C(F)(F)F)cc1F. The molecule has 2 N–H and O–H groups in total. The molecule has 1 aromatic carbocycles. The highest BCUT2D eigenvalue weighted by Crippen LogP contribution is 2.36. The van der Waals surface area contributed by atoms with Crippen LogP contribution in [0.1, 0.15) is 11.1 Å². The second kappa shape index (κ2) is 5.46. The van der Waals surface area contributed by atoms with Gasteiger partial charge in [-0.3, -0.25) is 0 Å². The Bertz CT molecular complexity index is 614. The molecule has 0 spiro atoms. The van der Waals surface area contributed by atoms with Gasteiger partial charge in [0.15, 0.2) is 0 Å². The van der Waals surface area contributed by atoms with Crippen molar-refractivity contribution in [3.8, 4) is 11.6 Å². The number of aromatic nitrogens is 1. The van der Waals surface area contributed by atoms with E-state index in [0.29, 0.717) is 0 Å². The van der Waals surface area contributed by atoms with Crippen molar-refractivity contribution in [2.75, 3.05) is 0 Å². The van der Waals surface area contributed by atoms with Crippen molar-refractivity contribution in [2.45, 2.75) is 12.7 Å². The minimum Gasteiger partial charge on any atom is -0.438 e. The van der Waals surface area contributed by atoms with Crippen LogP contribution in [0.3, 0.4) is 0 Å². The molecule has 0 unspecified atom stereocenters. The predicted molar refractivity (Wildman–Crippen MR) is 63.6 cm³/mol. The number of pyridine rings is 1. The van der Waals surface area contributed by atoms with Crippen molar-refractivity contribution < 1.29 is 22.3 Å². The first-order valence-corrected chi connectivity index (χ1v) is 5.60. The first kappa shape index (κ1) is 14.3. The highest BCUT2D eigenvalue weighted by Gasteiger charge is 2.35. The smallest absolute Gasteiger partial charge is 0.421 e. The second-order valence-electron chi connectivity index (χ2n) is 3.91. The maximum absolute atomic E-state index is 13.5. The van der Waals surface area contributed by atoms with Gasteiger partial charge in [0, 0.05) is 24.4 Å². The molecule has 0 atom stereocenters. The molecule has 1 aromatic heterocycles. The lowest BCUT2D eigenvalue weighted by atomic mass is 10.2. The van der Waals surface area contributed by atoms with E-state index in [2.05, 4.69) is 4.98 Å². The zero-order chi connectivity index (χ0) is 14.8. The third-order valence-electron chi connectivity index (χ3n) is 2.54. The van der Waals surface area contributed by atoms with Crippen LogP contribution in [0.15, 0.2) is 36.5 Å². The van der Waals surface area contributed by atoms with Gasteiger partial charge in [0.2, 0.25) is 5.88 Å². The van der Waals surface area contributed by atoms with Crippen molar-refractivity contribution in [1.82, 2.24) is 4.98 Å². The quantitative estimate of drug-likeness (QED) is 0.879. The average molecular weight is 286 g/mol. The second-order valence-corrected chi connectivity index (χ2v) is 3.91. The molecule has 0 aliphatic carbocycles. The number of hydrogen-bond donors (Lipinski definition) is 1. The Kier molecular flexibility index (Phi) is 3.89. The van der Waals surface area contributed by atoms with Gasteiger partial charge in [0.05, 0.1) is 0 Å². The number of nitrogens with zero attached hydrogens (tertiary/aromatic N) is 1. The number of benzene rings is 1. The van der Waals surface area contributed by atoms with Gasteiger partial charge in [-0.15, -0.1) is 0 Å². The fraction of sp³-hybridized carbons (Fsp3) is 0.154. The largest absolute Gasteiger partial charge is 0.438 e. The lowest BCUT2D eigenvalue weighted by Crippen LogP contribution is -2.08. The molecule has 3 nitrogen and oxygen atoms in total. The summed E-state index contributed by atoms with van der Waals surface area (Å²) in [7, 11) is 0. The lowest BCUT2D eigenvalue weighted by molar-refractivity contribution is -0.138. The summed E-state index contributed by atoms with van der Waals surface area (Å²) >= 11 is 0. The van der Waals surface area contributed by atoms with E-state index in [9.17, 15) is 17.6 Å². The molecule has 1 heterocycles. The van der Waals surface area contributed by atoms with Crippen LogP contribution in [-0.2, 0) is 12.7 Å². The van der Waals surface area contributed by atoms with Crippen molar-refractivity contribution in [1.29, 1.82) is 0 Å². The molecule has 0 aliphatic heterocycles. The van der Waals surface area contributed by atoms with Gasteiger partial charge in [-0.2, -0.15) is 13.2 Å². The molecule has 0 amide bonds. The molecule has 0 radical (unpaired) electrons. The fourth-order valence-electron chi connectivity index (χ4n) is 1.56. The van der Waals surface area contributed by atoms with E-state index in [-0.39, 0.29) is 17.9 Å². The number of alkyl halides is 3. The predicted octanol–water partition coefficient (Wildman–Crippen LogP) is 3.49. The zero-order valence-corrected chi connectivity index (χ0v) is 10.1. The summed E-state index contributed by atoms with van der Waals surface area (Å²) in [6.45, 7) is -0.0104. The number of nitrogens with two attached hydrogens (primary N) is 1. The van der Waals surface area contributed by atoms with Crippen LogP contribution in [0.4, 0.5) is 17.6 Å². The van der Waals surface area contributed by atoms with Gasteiger partial charge in [0.25, 0.3) is 0 Å². The number of halogens is 4. The number of ether oxygens (including phenoxy) is 1. The maximum Gasteiger partial charge on any atom is 0.421 e. The van der Waals surface area contributed by atoms with Gasteiger partial charge >= 0.3 is 6.18 Å². The van der Waals surface area contributed by atoms with Gasteiger partial charge in [-0.1, -0.05) is 6.07 Å². The van der Waals surface area contributed by atoms with E-state index in [1.165, 1.54) is 12.1 Å². The molecular formula is C13H10F4N2O. The Morgan fingerprint density at radius 1 is 1.20 bits per heavy atom. The van der Waals surface area contributed by atoms with E-state index in [1.54, 1.807) is 0 Å². The van der Waals surface area contributed by atoms with E-state index < -0.39 is 23.4 Å². The molecule has 0 fully saturated rings. The summed E-state index contributed by atoms with van der Waals surface area (Å²) in [6.07, 6.45) is -3.44. The van der Waals surface area contributed by atoms with Crippen LogP contribution < -0.4 is 10.5 Å². The highest BCUT2D eigenvalue weighted by atomic mass is 19.4. The Morgan fingerprint density at radius 2 is 1.95 bits per heavy atom. The zero-order valence-electron chi connectivity index (χ0n) is 10.1. The summed E-state index contributed by atoms with van der Waals surface area (Å²) in [5.74, 6) is -1.35. The molecule has 106 valence electrons. The maximum atomic E-state index is 13.5. The van der Waals surface area contributed by atoms with Crippen molar-refractivity contribution >= 4 is 0 Å². The third-order valence-corrected chi connectivity index (χ3v) is 2.54. The van der Waals surface area contributed by atoms with E-state index in [4.69, 9.17) is 10.5 Å². The first-order valence-electron chi connectivity index (χ1n) is 5.60. The Morgan fingerprint density at radius 3 is 2.55 bits per heavy atom. The Hall–Kier alpha value is -2.15. The highest BCUT2D eigenvalue weighted by molar-refractivity contribution is 5.35. The topological polar surface area (TPSA) is 48.1 Å². The first-order chi connectivity index (χ1) is 9.41. The molecular weight excluding hydrogens is 276 g/mol. The standard InChI is InChI=1S/C13H10F4N2O/c14-11-6-9(4-3-8(11)7-18)20-12-10(13(15,16)17)2-1-5-19-12/h1-6H,7,18H2. The third kappa shape index (κ3) is 3.05. The van der Waals surface area contributed by atoms with Crippen LogP contribution in [0.2, 0.25) is 0 Å². The summed E-state index contributed by atoms with van der Waals surface area (Å²) in [4.78, 5) is 3.52. The normalized spacial score (nSPS) is 11.4. The van der Waals surface area contributed by atoms with E-state index in [1.807, 2.05) is 0 Å². The molecule has 2 rings (SSSR count). The summed E-state index contributed by atoms with van der Waals surface area (Å²) in [6, 6.07) is 5.64.